The summed E-state index contributed by atoms with van der Waals surface area (Å²) in [5.41, 5.74) is 0. The molecule has 0 atom stereocenters. The van der Waals surface area contributed by atoms with Crippen LogP contribution in [0, 0.1) is 0 Å². The molecule has 2 N–H and O–H groups in total. The third-order valence-electron chi connectivity index (χ3n) is 2.12. The molecule has 2 aromatic rings. The Hall–Kier alpha value is -0.590. The second-order valence-corrected chi connectivity index (χ2v) is 4.50. The molecule has 2 aromatic carbocycles. The van der Waals surface area contributed by atoms with Crippen LogP contribution in [0.25, 0.3) is 10.8 Å². The molecule has 0 aliphatic rings. The van der Waals surface area contributed by atoms with Crippen LogP contribution in [0.15, 0.2) is 41.3 Å². The molecule has 0 bridgehead atoms. The van der Waals surface area contributed by atoms with E-state index in [1.165, 1.54) is 18.2 Å². The summed E-state index contributed by atoms with van der Waals surface area (Å²) in [5.74, 6) is -0.166. The topological polar surface area (TPSA) is 74.6 Å². The maximum Gasteiger partial charge on any atom is 1.00 e. The molecule has 0 aromatic heterocycles. The molecule has 0 saturated carbocycles. The summed E-state index contributed by atoms with van der Waals surface area (Å²) in [6.07, 6.45) is 0. The van der Waals surface area contributed by atoms with Gasteiger partial charge in [0.1, 0.15) is 10.6 Å². The summed E-state index contributed by atoms with van der Waals surface area (Å²) in [6.45, 7) is 0. The van der Waals surface area contributed by atoms with E-state index >= 15 is 0 Å². The standard InChI is InChI=1S/C10H8O4S.Na.H/c11-8-5-1-3-7-4-2-6-9(10(7)8)15(12,13)14;;/h1-6,11H,(H,12,13,14);;/q;+1;-1. The molecule has 0 aliphatic heterocycles. The van der Waals surface area contributed by atoms with E-state index in [9.17, 15) is 13.5 Å². The van der Waals surface area contributed by atoms with E-state index in [2.05, 4.69) is 0 Å². The number of hydrogen-bond acceptors (Lipinski definition) is 3. The van der Waals surface area contributed by atoms with Crippen LogP contribution < -0.4 is 29.6 Å². The van der Waals surface area contributed by atoms with Crippen molar-refractivity contribution < 1.29 is 49.1 Å². The first-order valence-corrected chi connectivity index (χ1v) is 5.62. The first kappa shape index (κ1) is 13.5. The van der Waals surface area contributed by atoms with Gasteiger partial charge in [-0.25, -0.2) is 0 Å². The van der Waals surface area contributed by atoms with E-state index in [4.69, 9.17) is 4.55 Å². The first-order valence-electron chi connectivity index (χ1n) is 4.18. The monoisotopic (exact) mass is 248 g/mol. The predicted octanol–water partition coefficient (Wildman–Crippen LogP) is -1.09. The zero-order chi connectivity index (χ0) is 11.1. The summed E-state index contributed by atoms with van der Waals surface area (Å²) in [7, 11) is -4.31. The molecule has 0 unspecified atom stereocenters. The molecule has 0 aliphatic carbocycles. The van der Waals surface area contributed by atoms with Crippen molar-refractivity contribution in [3.05, 3.63) is 36.4 Å². The van der Waals surface area contributed by atoms with Crippen molar-refractivity contribution in [2.75, 3.05) is 0 Å². The van der Waals surface area contributed by atoms with Crippen molar-refractivity contribution in [2.45, 2.75) is 4.90 Å². The van der Waals surface area contributed by atoms with Gasteiger partial charge in [-0.1, -0.05) is 24.3 Å². The maximum absolute atomic E-state index is 11.0. The molecule has 80 valence electrons. The Bertz CT molecular complexity index is 622. The van der Waals surface area contributed by atoms with Gasteiger partial charge in [-0.15, -0.1) is 0 Å². The molecular formula is C10H9NaO4S. The van der Waals surface area contributed by atoms with Gasteiger partial charge in [0, 0.05) is 5.39 Å². The summed E-state index contributed by atoms with van der Waals surface area (Å²) < 4.78 is 31.1. The van der Waals surface area contributed by atoms with Crippen LogP contribution in [-0.2, 0) is 10.1 Å². The van der Waals surface area contributed by atoms with Gasteiger partial charge in [-0.2, -0.15) is 8.42 Å². The molecule has 0 fully saturated rings. The van der Waals surface area contributed by atoms with E-state index in [-0.39, 0.29) is 47.0 Å². The van der Waals surface area contributed by atoms with E-state index in [0.717, 1.165) is 0 Å². The smallest absolute Gasteiger partial charge is 1.00 e. The minimum absolute atomic E-state index is 0. The Balaban J connectivity index is 0.00000128. The van der Waals surface area contributed by atoms with Crippen LogP contribution in [0.1, 0.15) is 1.43 Å². The molecule has 0 saturated heterocycles. The molecule has 0 spiro atoms. The van der Waals surface area contributed by atoms with Gasteiger partial charge in [-0.05, 0) is 17.5 Å². The molecule has 16 heavy (non-hydrogen) atoms. The number of hydrogen-bond donors (Lipinski definition) is 2. The fourth-order valence-corrected chi connectivity index (χ4v) is 2.23. The number of benzene rings is 2. The quantitative estimate of drug-likeness (QED) is 0.496. The summed E-state index contributed by atoms with van der Waals surface area (Å²) >= 11 is 0. The second-order valence-electron chi connectivity index (χ2n) is 3.11. The SMILES string of the molecule is O=S(=O)(O)c1cccc2cccc(O)c12.[H-].[Na+]. The maximum atomic E-state index is 11.0. The normalized spacial score (nSPS) is 11.1. The van der Waals surface area contributed by atoms with Gasteiger partial charge < -0.3 is 6.53 Å². The first-order chi connectivity index (χ1) is 7.00. The van der Waals surface area contributed by atoms with Crippen molar-refractivity contribution in [1.82, 2.24) is 0 Å². The number of fused-ring (bicyclic) bond motifs is 1. The van der Waals surface area contributed by atoms with Gasteiger partial charge in [-0.3, -0.25) is 4.55 Å². The largest absolute Gasteiger partial charge is 1.00 e. The van der Waals surface area contributed by atoms with E-state index in [1.807, 2.05) is 0 Å². The van der Waals surface area contributed by atoms with Crippen molar-refractivity contribution in [2.24, 2.45) is 0 Å². The number of rotatable bonds is 1. The van der Waals surface area contributed by atoms with E-state index < -0.39 is 10.1 Å². The Morgan fingerprint density at radius 3 is 2.19 bits per heavy atom. The average Bonchev–Trinajstić information content (AvgIpc) is 2.16. The zero-order valence-corrected chi connectivity index (χ0v) is 11.4. The van der Waals surface area contributed by atoms with Gasteiger partial charge >= 0.3 is 29.6 Å². The summed E-state index contributed by atoms with van der Waals surface area (Å²) in [4.78, 5) is -0.280. The van der Waals surface area contributed by atoms with Crippen LogP contribution >= 0.6 is 0 Å². The minimum Gasteiger partial charge on any atom is -1.00 e. The fourth-order valence-electron chi connectivity index (χ4n) is 1.50. The Labute approximate surface area is 116 Å². The Kier molecular flexibility index (Phi) is 3.98. The number of phenolic OH excluding ortho intramolecular Hbond substituents is 1. The fraction of sp³-hybridized carbons (Fsp3) is 0. The van der Waals surface area contributed by atoms with Crippen LogP contribution in [0.3, 0.4) is 0 Å². The van der Waals surface area contributed by atoms with Crippen molar-refractivity contribution in [1.29, 1.82) is 0 Å². The Morgan fingerprint density at radius 2 is 1.62 bits per heavy atom. The van der Waals surface area contributed by atoms with Crippen LogP contribution in [0.4, 0.5) is 0 Å². The number of phenols is 1. The van der Waals surface area contributed by atoms with Crippen molar-refractivity contribution in [3.8, 4) is 5.75 Å². The Morgan fingerprint density at radius 1 is 1.06 bits per heavy atom. The molecule has 2 rings (SSSR count). The van der Waals surface area contributed by atoms with Crippen LogP contribution in [0.2, 0.25) is 0 Å². The molecule has 0 heterocycles. The molecule has 6 heteroatoms. The third kappa shape index (κ3) is 2.39. The van der Waals surface area contributed by atoms with Gasteiger partial charge in [0.05, 0.1) is 0 Å². The van der Waals surface area contributed by atoms with E-state index in [1.54, 1.807) is 18.2 Å². The van der Waals surface area contributed by atoms with Crippen LogP contribution in [0.5, 0.6) is 5.75 Å². The van der Waals surface area contributed by atoms with Gasteiger partial charge in [0.25, 0.3) is 10.1 Å². The average molecular weight is 248 g/mol. The minimum atomic E-state index is -4.31. The number of aromatic hydroxyl groups is 1. The molecule has 4 nitrogen and oxygen atoms in total. The summed E-state index contributed by atoms with van der Waals surface area (Å²) in [5, 5.41) is 10.2. The molecule has 0 radical (unpaired) electrons. The molecular weight excluding hydrogens is 239 g/mol. The summed E-state index contributed by atoms with van der Waals surface area (Å²) in [6, 6.07) is 9.04. The van der Waals surface area contributed by atoms with Gasteiger partial charge in [0.15, 0.2) is 0 Å². The van der Waals surface area contributed by atoms with E-state index in [0.29, 0.717) is 5.39 Å². The van der Waals surface area contributed by atoms with Crippen molar-refractivity contribution >= 4 is 20.9 Å². The van der Waals surface area contributed by atoms with Crippen LogP contribution in [-0.4, -0.2) is 18.1 Å². The third-order valence-corrected chi connectivity index (χ3v) is 3.02. The molecule has 0 amide bonds. The van der Waals surface area contributed by atoms with Crippen molar-refractivity contribution in [3.63, 3.8) is 0 Å². The van der Waals surface area contributed by atoms with Gasteiger partial charge in [0.2, 0.25) is 0 Å². The predicted molar refractivity (Wildman–Crippen MR) is 56.5 cm³/mol. The second kappa shape index (κ2) is 4.73. The zero-order valence-electron chi connectivity index (χ0n) is 9.58.